The van der Waals surface area contributed by atoms with Crippen molar-refractivity contribution >= 4 is 33.3 Å². The molecule has 2 aromatic carbocycles. The maximum Gasteiger partial charge on any atom is 0.321 e. The lowest BCUT2D eigenvalue weighted by Gasteiger charge is -2.20. The van der Waals surface area contributed by atoms with E-state index in [0.29, 0.717) is 11.4 Å². The number of urea groups is 1. The Kier molecular flexibility index (Phi) is 8.81. The fourth-order valence-corrected chi connectivity index (χ4v) is 4.54. The minimum absolute atomic E-state index is 0.00201. The number of sulfonamides is 1. The quantitative estimate of drug-likeness (QED) is 0.508. The molecule has 3 rings (SSSR count). The lowest BCUT2D eigenvalue weighted by atomic mass is 10.2. The van der Waals surface area contributed by atoms with Crippen LogP contribution in [0.25, 0.3) is 0 Å². The van der Waals surface area contributed by atoms with Gasteiger partial charge in [0, 0.05) is 43.7 Å². The van der Waals surface area contributed by atoms with Gasteiger partial charge in [0.05, 0.1) is 11.5 Å². The molecule has 0 saturated carbocycles. The van der Waals surface area contributed by atoms with Crippen LogP contribution in [0, 0.1) is 0 Å². The number of rotatable bonds is 8. The van der Waals surface area contributed by atoms with Gasteiger partial charge in [-0.3, -0.25) is 4.79 Å². The number of hydrogen-bond acceptors (Lipinski definition) is 5. The number of ether oxygens (including phenoxy) is 1. The molecular weight excluding hydrogens is 444 g/mol. The molecule has 1 heterocycles. The van der Waals surface area contributed by atoms with Gasteiger partial charge in [-0.25, -0.2) is 17.9 Å². The summed E-state index contributed by atoms with van der Waals surface area (Å²) in [5.74, 6) is -0.440. The zero-order valence-electron chi connectivity index (χ0n) is 18.7. The molecule has 3 amide bonds. The minimum Gasteiger partial charge on any atom is -0.383 e. The molecule has 0 aromatic heterocycles. The first-order valence-electron chi connectivity index (χ1n) is 10.9. The summed E-state index contributed by atoms with van der Waals surface area (Å²) in [7, 11) is -2.26. The molecule has 1 aliphatic rings. The van der Waals surface area contributed by atoms with Gasteiger partial charge in [0.25, 0.3) is 5.91 Å². The number of nitrogens with one attached hydrogen (secondary N) is 3. The third kappa shape index (κ3) is 7.28. The van der Waals surface area contributed by atoms with Gasteiger partial charge in [0.1, 0.15) is 0 Å². The first-order valence-corrected chi connectivity index (χ1v) is 12.4. The summed E-state index contributed by atoms with van der Waals surface area (Å²) in [5.41, 5.74) is 1.37. The van der Waals surface area contributed by atoms with E-state index in [1.165, 1.54) is 25.3 Å². The fraction of sp³-hybridized carbons (Fsp3) is 0.391. The topological polar surface area (TPSA) is 117 Å². The summed E-state index contributed by atoms with van der Waals surface area (Å²) in [5, 5.41) is 5.63. The van der Waals surface area contributed by atoms with Gasteiger partial charge in [-0.15, -0.1) is 0 Å². The average molecular weight is 475 g/mol. The van der Waals surface area contributed by atoms with Crippen molar-refractivity contribution in [2.75, 3.05) is 44.0 Å². The van der Waals surface area contributed by atoms with Gasteiger partial charge < -0.3 is 20.3 Å². The first-order chi connectivity index (χ1) is 15.9. The molecule has 0 aliphatic carbocycles. The summed E-state index contributed by atoms with van der Waals surface area (Å²) < 4.78 is 32.0. The van der Waals surface area contributed by atoms with Gasteiger partial charge in [0.15, 0.2) is 0 Å². The Bertz CT molecular complexity index is 1050. The molecule has 0 bridgehead atoms. The van der Waals surface area contributed by atoms with E-state index in [1.807, 2.05) is 4.90 Å². The van der Waals surface area contributed by atoms with E-state index in [9.17, 15) is 18.0 Å². The number of nitrogens with zero attached hydrogens (tertiary/aromatic N) is 1. The summed E-state index contributed by atoms with van der Waals surface area (Å²) in [6.07, 6.45) is 4.34. The van der Waals surface area contributed by atoms with Gasteiger partial charge in [-0.2, -0.15) is 0 Å². The zero-order valence-corrected chi connectivity index (χ0v) is 19.5. The van der Waals surface area contributed by atoms with E-state index in [4.69, 9.17) is 4.74 Å². The van der Waals surface area contributed by atoms with Crippen molar-refractivity contribution in [3.05, 3.63) is 54.1 Å². The minimum atomic E-state index is -3.74. The molecule has 0 atom stereocenters. The second-order valence-corrected chi connectivity index (χ2v) is 9.55. The highest BCUT2D eigenvalue weighted by atomic mass is 32.2. The molecule has 0 unspecified atom stereocenters. The predicted octanol–water partition coefficient (Wildman–Crippen LogP) is 3.27. The second kappa shape index (κ2) is 11.8. The fourth-order valence-electron chi connectivity index (χ4n) is 3.48. The molecule has 3 N–H and O–H groups in total. The normalized spacial score (nSPS) is 14.4. The first kappa shape index (κ1) is 24.7. The molecule has 178 valence electrons. The third-order valence-electron chi connectivity index (χ3n) is 5.29. The van der Waals surface area contributed by atoms with Crippen LogP contribution in [0.2, 0.25) is 0 Å². The Morgan fingerprint density at radius 1 is 0.939 bits per heavy atom. The highest BCUT2D eigenvalue weighted by Gasteiger charge is 2.17. The van der Waals surface area contributed by atoms with Crippen LogP contribution < -0.4 is 15.4 Å². The van der Waals surface area contributed by atoms with Crippen LogP contribution in [-0.2, 0) is 14.8 Å². The van der Waals surface area contributed by atoms with E-state index in [1.54, 1.807) is 30.3 Å². The summed E-state index contributed by atoms with van der Waals surface area (Å²) in [4.78, 5) is 26.9. The molecule has 10 heteroatoms. The van der Waals surface area contributed by atoms with Gasteiger partial charge in [0.2, 0.25) is 10.0 Å². The highest BCUT2D eigenvalue weighted by molar-refractivity contribution is 7.89. The van der Waals surface area contributed by atoms with Crippen LogP contribution in [-0.4, -0.2) is 58.6 Å². The maximum absolute atomic E-state index is 12.6. The SMILES string of the molecule is COCCNS(=O)(=O)c1cccc(C(=O)Nc2ccc(NC(=O)N3CCCCCC3)cc2)c1. The molecule has 0 radical (unpaired) electrons. The van der Waals surface area contributed by atoms with Crippen molar-refractivity contribution in [2.24, 2.45) is 0 Å². The largest absolute Gasteiger partial charge is 0.383 e. The molecule has 1 saturated heterocycles. The zero-order chi connectivity index (χ0) is 23.7. The Morgan fingerprint density at radius 2 is 1.58 bits per heavy atom. The van der Waals surface area contributed by atoms with Crippen LogP contribution in [0.1, 0.15) is 36.0 Å². The number of anilines is 2. The Hall–Kier alpha value is -2.95. The van der Waals surface area contributed by atoms with E-state index >= 15 is 0 Å². The van der Waals surface area contributed by atoms with Gasteiger partial charge >= 0.3 is 6.03 Å². The molecule has 0 spiro atoms. The molecule has 1 aliphatic heterocycles. The molecular formula is C23H30N4O5S. The van der Waals surface area contributed by atoms with Crippen LogP contribution in [0.3, 0.4) is 0 Å². The summed E-state index contributed by atoms with van der Waals surface area (Å²) in [6.45, 7) is 1.90. The second-order valence-electron chi connectivity index (χ2n) is 7.78. The summed E-state index contributed by atoms with van der Waals surface area (Å²) in [6, 6.07) is 12.5. The number of carbonyl (C=O) groups excluding carboxylic acids is 2. The van der Waals surface area contributed by atoms with E-state index < -0.39 is 15.9 Å². The van der Waals surface area contributed by atoms with E-state index in [-0.39, 0.29) is 29.6 Å². The Morgan fingerprint density at radius 3 is 2.21 bits per heavy atom. The van der Waals surface area contributed by atoms with Gasteiger partial charge in [-0.05, 0) is 55.3 Å². The van der Waals surface area contributed by atoms with Crippen molar-refractivity contribution in [2.45, 2.75) is 30.6 Å². The molecule has 9 nitrogen and oxygen atoms in total. The van der Waals surface area contributed by atoms with Crippen LogP contribution >= 0.6 is 0 Å². The Labute approximate surface area is 194 Å². The standard InChI is InChI=1S/C23H30N4O5S/c1-32-16-13-24-33(30,31)21-8-6-7-18(17-21)22(28)25-19-9-11-20(12-10-19)26-23(29)27-14-4-2-3-5-15-27/h6-12,17,24H,2-5,13-16H2,1H3,(H,25,28)(H,26,29). The van der Waals surface area contributed by atoms with Crippen LogP contribution in [0.4, 0.5) is 16.2 Å². The van der Waals surface area contributed by atoms with Crippen molar-refractivity contribution < 1.29 is 22.7 Å². The van der Waals surface area contributed by atoms with Crippen molar-refractivity contribution in [1.82, 2.24) is 9.62 Å². The molecule has 2 aromatic rings. The van der Waals surface area contributed by atoms with Crippen LogP contribution in [0.15, 0.2) is 53.4 Å². The van der Waals surface area contributed by atoms with E-state index in [2.05, 4.69) is 15.4 Å². The average Bonchev–Trinajstić information content (AvgIpc) is 3.10. The van der Waals surface area contributed by atoms with E-state index in [0.717, 1.165) is 38.8 Å². The third-order valence-corrected chi connectivity index (χ3v) is 6.75. The number of benzene rings is 2. The number of amides is 3. The lowest BCUT2D eigenvalue weighted by molar-refractivity contribution is 0.102. The van der Waals surface area contributed by atoms with Crippen LogP contribution in [0.5, 0.6) is 0 Å². The van der Waals surface area contributed by atoms with Crippen molar-refractivity contribution in [1.29, 1.82) is 0 Å². The predicted molar refractivity (Wildman–Crippen MR) is 127 cm³/mol. The lowest BCUT2D eigenvalue weighted by Crippen LogP contribution is -2.35. The van der Waals surface area contributed by atoms with Crippen molar-refractivity contribution in [3.63, 3.8) is 0 Å². The highest BCUT2D eigenvalue weighted by Crippen LogP contribution is 2.18. The number of methoxy groups -OCH3 is 1. The summed E-state index contributed by atoms with van der Waals surface area (Å²) >= 11 is 0. The monoisotopic (exact) mass is 474 g/mol. The number of likely N-dealkylation sites (tertiary alicyclic amines) is 1. The smallest absolute Gasteiger partial charge is 0.321 e. The van der Waals surface area contributed by atoms with Gasteiger partial charge in [-0.1, -0.05) is 18.9 Å². The Balaban J connectivity index is 1.60. The maximum atomic E-state index is 12.6. The number of hydrogen-bond donors (Lipinski definition) is 3. The molecule has 33 heavy (non-hydrogen) atoms. The molecule has 1 fully saturated rings. The van der Waals surface area contributed by atoms with Crippen molar-refractivity contribution in [3.8, 4) is 0 Å². The number of carbonyl (C=O) groups is 2.